The average molecular weight is 369 g/mol. The summed E-state index contributed by atoms with van der Waals surface area (Å²) < 4.78 is 10.8. The summed E-state index contributed by atoms with van der Waals surface area (Å²) in [4.78, 5) is 12.3. The van der Waals surface area contributed by atoms with Crippen LogP contribution < -0.4 is 10.1 Å². The Morgan fingerprint density at radius 1 is 1.12 bits per heavy atom. The Morgan fingerprint density at radius 2 is 1.81 bits per heavy atom. The molecule has 1 heterocycles. The summed E-state index contributed by atoms with van der Waals surface area (Å²) in [6.07, 6.45) is 0. The molecule has 0 aliphatic carbocycles. The maximum absolute atomic E-state index is 12.3. The highest BCUT2D eigenvalue weighted by Gasteiger charge is 2.19. The molecule has 1 N–H and O–H groups in total. The van der Waals surface area contributed by atoms with Gasteiger partial charge in [-0.15, -0.1) is 10.2 Å². The van der Waals surface area contributed by atoms with Crippen molar-refractivity contribution in [1.29, 1.82) is 0 Å². The van der Waals surface area contributed by atoms with Gasteiger partial charge in [-0.2, -0.15) is 0 Å². The molecular weight excluding hydrogens is 350 g/mol. The molecule has 0 saturated carbocycles. The number of hydrogen-bond acceptors (Lipinski definition) is 6. The van der Waals surface area contributed by atoms with E-state index in [4.69, 9.17) is 9.15 Å². The van der Waals surface area contributed by atoms with E-state index in [0.717, 1.165) is 16.9 Å². The number of amides is 1. The van der Waals surface area contributed by atoms with Crippen LogP contribution in [0.2, 0.25) is 0 Å². The van der Waals surface area contributed by atoms with Crippen LogP contribution in [-0.4, -0.2) is 28.5 Å². The molecule has 0 aliphatic rings. The van der Waals surface area contributed by atoms with Gasteiger partial charge in [-0.1, -0.05) is 29.5 Å². The Morgan fingerprint density at radius 3 is 2.46 bits per heavy atom. The lowest BCUT2D eigenvalue weighted by Gasteiger charge is -2.10. The molecule has 2 aromatic carbocycles. The third-order valence-corrected chi connectivity index (χ3v) is 4.64. The number of carbonyl (C=O) groups is 1. The number of ether oxygens (including phenoxy) is 1. The number of aromatic nitrogens is 2. The van der Waals surface area contributed by atoms with Crippen LogP contribution in [0.3, 0.4) is 0 Å². The van der Waals surface area contributed by atoms with E-state index in [9.17, 15) is 4.79 Å². The molecule has 0 spiro atoms. The third-order valence-electron chi connectivity index (χ3n) is 3.71. The fraction of sp³-hybridized carbons (Fsp3) is 0.211. The van der Waals surface area contributed by atoms with Crippen molar-refractivity contribution in [3.8, 4) is 17.2 Å². The Kier molecular flexibility index (Phi) is 5.58. The second-order valence-electron chi connectivity index (χ2n) is 5.72. The van der Waals surface area contributed by atoms with Crippen LogP contribution >= 0.6 is 11.8 Å². The zero-order valence-electron chi connectivity index (χ0n) is 14.7. The SMILES string of the molecule is COc1ccc(NC(=O)[C@H](C)Sc2nnc(-c3ccc(C)cc3)o2)cc1. The molecule has 1 amide bonds. The summed E-state index contributed by atoms with van der Waals surface area (Å²) in [5.41, 5.74) is 2.71. The first-order valence-corrected chi connectivity index (χ1v) is 8.95. The minimum absolute atomic E-state index is 0.143. The molecule has 6 nitrogen and oxygen atoms in total. The summed E-state index contributed by atoms with van der Waals surface area (Å²) in [5.74, 6) is 1.03. The first-order chi connectivity index (χ1) is 12.5. The van der Waals surface area contributed by atoms with Gasteiger partial charge in [0.05, 0.1) is 12.4 Å². The molecule has 0 unspecified atom stereocenters. The van der Waals surface area contributed by atoms with E-state index in [1.807, 2.05) is 31.2 Å². The lowest BCUT2D eigenvalue weighted by atomic mass is 10.1. The van der Waals surface area contributed by atoms with Crippen molar-refractivity contribution in [1.82, 2.24) is 10.2 Å². The third kappa shape index (κ3) is 4.43. The van der Waals surface area contributed by atoms with E-state index in [2.05, 4.69) is 15.5 Å². The number of thioether (sulfide) groups is 1. The number of carbonyl (C=O) groups excluding carboxylic acids is 1. The van der Waals surface area contributed by atoms with Gasteiger partial charge in [-0.25, -0.2) is 0 Å². The predicted molar refractivity (Wildman–Crippen MR) is 101 cm³/mol. The molecule has 0 radical (unpaired) electrons. The molecule has 134 valence electrons. The highest BCUT2D eigenvalue weighted by molar-refractivity contribution is 8.00. The Labute approximate surface area is 156 Å². The Hall–Kier alpha value is -2.80. The van der Waals surface area contributed by atoms with E-state index in [1.165, 1.54) is 11.8 Å². The number of anilines is 1. The summed E-state index contributed by atoms with van der Waals surface area (Å²) in [6.45, 7) is 3.81. The lowest BCUT2D eigenvalue weighted by Crippen LogP contribution is -2.22. The van der Waals surface area contributed by atoms with E-state index in [0.29, 0.717) is 16.8 Å². The monoisotopic (exact) mass is 369 g/mol. The van der Waals surface area contributed by atoms with Crippen molar-refractivity contribution in [3.05, 3.63) is 54.1 Å². The van der Waals surface area contributed by atoms with E-state index >= 15 is 0 Å². The van der Waals surface area contributed by atoms with Gasteiger partial charge in [0.25, 0.3) is 5.22 Å². The first-order valence-electron chi connectivity index (χ1n) is 8.07. The Balaban J connectivity index is 1.61. The molecule has 1 aromatic heterocycles. The largest absolute Gasteiger partial charge is 0.497 e. The maximum Gasteiger partial charge on any atom is 0.277 e. The van der Waals surface area contributed by atoms with Gasteiger partial charge in [0.2, 0.25) is 11.8 Å². The van der Waals surface area contributed by atoms with Crippen molar-refractivity contribution in [2.75, 3.05) is 12.4 Å². The fourth-order valence-electron chi connectivity index (χ4n) is 2.19. The number of hydrogen-bond donors (Lipinski definition) is 1. The molecule has 3 aromatic rings. The molecule has 0 saturated heterocycles. The summed E-state index contributed by atoms with van der Waals surface area (Å²) >= 11 is 1.22. The minimum atomic E-state index is -0.386. The van der Waals surface area contributed by atoms with Gasteiger partial charge in [0.1, 0.15) is 5.75 Å². The van der Waals surface area contributed by atoms with Crippen LogP contribution in [0.1, 0.15) is 12.5 Å². The van der Waals surface area contributed by atoms with Crippen LogP contribution in [0.15, 0.2) is 58.2 Å². The van der Waals surface area contributed by atoms with Crippen molar-refractivity contribution in [2.24, 2.45) is 0 Å². The number of nitrogens with zero attached hydrogens (tertiary/aromatic N) is 2. The summed E-state index contributed by atoms with van der Waals surface area (Å²) in [6, 6.07) is 15.0. The van der Waals surface area contributed by atoms with E-state index < -0.39 is 0 Å². The summed E-state index contributed by atoms with van der Waals surface area (Å²) in [7, 11) is 1.60. The zero-order chi connectivity index (χ0) is 18.5. The van der Waals surface area contributed by atoms with Gasteiger partial charge < -0.3 is 14.5 Å². The van der Waals surface area contributed by atoms with Crippen molar-refractivity contribution >= 4 is 23.4 Å². The van der Waals surface area contributed by atoms with Crippen LogP contribution in [0, 0.1) is 6.92 Å². The number of nitrogens with one attached hydrogen (secondary N) is 1. The van der Waals surface area contributed by atoms with Gasteiger partial charge >= 0.3 is 0 Å². The quantitative estimate of drug-likeness (QED) is 0.657. The van der Waals surface area contributed by atoms with Crippen molar-refractivity contribution in [3.63, 3.8) is 0 Å². The highest BCUT2D eigenvalue weighted by Crippen LogP contribution is 2.27. The number of rotatable bonds is 6. The van der Waals surface area contributed by atoms with Crippen LogP contribution in [-0.2, 0) is 4.79 Å². The second kappa shape index (κ2) is 8.05. The molecule has 0 aliphatic heterocycles. The molecule has 3 rings (SSSR count). The van der Waals surface area contributed by atoms with Crippen molar-refractivity contribution < 1.29 is 13.9 Å². The topological polar surface area (TPSA) is 77.2 Å². The van der Waals surface area contributed by atoms with Crippen LogP contribution in [0.25, 0.3) is 11.5 Å². The molecule has 7 heteroatoms. The molecule has 26 heavy (non-hydrogen) atoms. The lowest BCUT2D eigenvalue weighted by molar-refractivity contribution is -0.115. The highest BCUT2D eigenvalue weighted by atomic mass is 32.2. The van der Waals surface area contributed by atoms with E-state index in [-0.39, 0.29) is 11.2 Å². The minimum Gasteiger partial charge on any atom is -0.497 e. The van der Waals surface area contributed by atoms with E-state index in [1.54, 1.807) is 38.3 Å². The predicted octanol–water partition coefficient (Wildman–Crippen LogP) is 4.17. The smallest absolute Gasteiger partial charge is 0.277 e. The summed E-state index contributed by atoms with van der Waals surface area (Å²) in [5, 5.41) is 10.9. The standard InChI is InChI=1S/C19H19N3O3S/c1-12-4-6-14(7-5-12)18-21-22-19(25-18)26-13(2)17(23)20-15-8-10-16(24-3)11-9-15/h4-11,13H,1-3H3,(H,20,23)/t13-/m0/s1. The first kappa shape index (κ1) is 18.0. The number of methoxy groups -OCH3 is 1. The molecule has 0 bridgehead atoms. The molecule has 0 fully saturated rings. The van der Waals surface area contributed by atoms with Crippen molar-refractivity contribution in [2.45, 2.75) is 24.3 Å². The van der Waals surface area contributed by atoms with Crippen LogP contribution in [0.4, 0.5) is 5.69 Å². The van der Waals surface area contributed by atoms with Gasteiger partial charge in [0, 0.05) is 11.3 Å². The number of benzene rings is 2. The van der Waals surface area contributed by atoms with Gasteiger partial charge in [0.15, 0.2) is 0 Å². The second-order valence-corrected chi connectivity index (χ2v) is 7.01. The molecule has 1 atom stereocenters. The molecular formula is C19H19N3O3S. The maximum atomic E-state index is 12.3. The Bertz CT molecular complexity index is 876. The normalized spacial score (nSPS) is 11.8. The van der Waals surface area contributed by atoms with Crippen LogP contribution in [0.5, 0.6) is 5.75 Å². The zero-order valence-corrected chi connectivity index (χ0v) is 15.5. The van der Waals surface area contributed by atoms with Gasteiger partial charge in [-0.3, -0.25) is 4.79 Å². The number of aryl methyl sites for hydroxylation is 1. The van der Waals surface area contributed by atoms with Gasteiger partial charge in [-0.05, 0) is 50.2 Å². The fourth-order valence-corrected chi connectivity index (χ4v) is 2.88. The average Bonchev–Trinajstić information content (AvgIpc) is 3.11.